The van der Waals surface area contributed by atoms with E-state index in [-0.39, 0.29) is 5.91 Å². The smallest absolute Gasteiger partial charge is 0.254 e. The lowest BCUT2D eigenvalue weighted by Gasteiger charge is -2.35. The summed E-state index contributed by atoms with van der Waals surface area (Å²) >= 11 is 0. The van der Waals surface area contributed by atoms with Crippen molar-refractivity contribution in [3.63, 3.8) is 0 Å². The summed E-state index contributed by atoms with van der Waals surface area (Å²) in [6.07, 6.45) is 1.20. The summed E-state index contributed by atoms with van der Waals surface area (Å²) in [4.78, 5) is 16.0. The number of hydrogen-bond acceptors (Lipinski definition) is 2. The Bertz CT molecular complexity index is 436. The lowest BCUT2D eigenvalue weighted by Crippen LogP contribution is -3.17. The quantitative estimate of drug-likeness (QED) is 0.885. The van der Waals surface area contributed by atoms with Crippen LogP contribution >= 0.6 is 0 Å². The first-order chi connectivity index (χ1) is 9.65. The Hall–Kier alpha value is -1.55. The number of hydrogen-bond donors (Lipinski definition) is 1. The number of benzene rings is 1. The first kappa shape index (κ1) is 14.9. The number of carbonyl (C=O) groups excluding carboxylic acids is 1. The molecule has 0 bridgehead atoms. The van der Waals surface area contributed by atoms with Gasteiger partial charge in [0.05, 0.1) is 39.3 Å². The van der Waals surface area contributed by atoms with Gasteiger partial charge in [0.2, 0.25) is 0 Å². The standard InChI is InChI=1S/C16H24N2O2/c1-4-13(2)17-9-11-18(12-10-17)16(19)14-5-7-15(20-3)8-6-14/h5-8,13H,4,9-12H2,1-3H3/p+1/t13-/m1/s1. The van der Waals surface area contributed by atoms with E-state index in [2.05, 4.69) is 13.8 Å². The Morgan fingerprint density at radius 2 is 1.90 bits per heavy atom. The fraction of sp³-hybridized carbons (Fsp3) is 0.562. The minimum absolute atomic E-state index is 0.135. The van der Waals surface area contributed by atoms with Crippen molar-refractivity contribution >= 4 is 5.91 Å². The molecule has 1 atom stereocenters. The van der Waals surface area contributed by atoms with Crippen LogP contribution < -0.4 is 9.64 Å². The summed E-state index contributed by atoms with van der Waals surface area (Å²) in [5.74, 6) is 0.920. The van der Waals surface area contributed by atoms with Crippen LogP contribution in [0.25, 0.3) is 0 Å². The fourth-order valence-corrected chi connectivity index (χ4v) is 2.69. The van der Waals surface area contributed by atoms with Crippen LogP contribution in [0.1, 0.15) is 30.6 Å². The van der Waals surface area contributed by atoms with Crippen molar-refractivity contribution in [2.45, 2.75) is 26.3 Å². The molecule has 1 heterocycles. The third-order valence-electron chi connectivity index (χ3n) is 4.34. The highest BCUT2D eigenvalue weighted by Crippen LogP contribution is 2.13. The molecule has 20 heavy (non-hydrogen) atoms. The molecule has 0 radical (unpaired) electrons. The lowest BCUT2D eigenvalue weighted by atomic mass is 10.1. The number of methoxy groups -OCH3 is 1. The molecule has 0 saturated carbocycles. The molecule has 0 aromatic heterocycles. The highest BCUT2D eigenvalue weighted by molar-refractivity contribution is 5.94. The average molecular weight is 277 g/mol. The molecule has 1 aliphatic heterocycles. The topological polar surface area (TPSA) is 34.0 Å². The highest BCUT2D eigenvalue weighted by Gasteiger charge is 2.26. The summed E-state index contributed by atoms with van der Waals surface area (Å²) in [6.45, 7) is 8.33. The van der Waals surface area contributed by atoms with E-state index in [1.807, 2.05) is 29.2 Å². The molecule has 1 aromatic rings. The summed E-state index contributed by atoms with van der Waals surface area (Å²) in [5, 5.41) is 0. The van der Waals surface area contributed by atoms with Gasteiger partial charge in [0.25, 0.3) is 5.91 Å². The van der Waals surface area contributed by atoms with E-state index in [4.69, 9.17) is 4.74 Å². The van der Waals surface area contributed by atoms with E-state index >= 15 is 0 Å². The number of nitrogens with zero attached hydrogens (tertiary/aromatic N) is 1. The second-order valence-corrected chi connectivity index (χ2v) is 5.49. The van der Waals surface area contributed by atoms with Crippen LogP contribution in [0.3, 0.4) is 0 Å². The summed E-state index contributed by atoms with van der Waals surface area (Å²) in [5.41, 5.74) is 0.748. The third kappa shape index (κ3) is 3.31. The second-order valence-electron chi connectivity index (χ2n) is 5.49. The predicted molar refractivity (Wildman–Crippen MR) is 79.3 cm³/mol. The third-order valence-corrected chi connectivity index (χ3v) is 4.34. The summed E-state index contributed by atoms with van der Waals surface area (Å²) in [6, 6.07) is 8.06. The Kier molecular flexibility index (Phi) is 5.01. The van der Waals surface area contributed by atoms with Crippen LogP contribution in [0, 0.1) is 0 Å². The number of carbonyl (C=O) groups is 1. The van der Waals surface area contributed by atoms with Gasteiger partial charge >= 0.3 is 0 Å². The molecule has 0 aliphatic carbocycles. The first-order valence-corrected chi connectivity index (χ1v) is 7.43. The van der Waals surface area contributed by atoms with E-state index in [9.17, 15) is 4.79 Å². The van der Waals surface area contributed by atoms with Crippen LogP contribution in [0.15, 0.2) is 24.3 Å². The van der Waals surface area contributed by atoms with Gasteiger partial charge in [-0.3, -0.25) is 4.79 Å². The molecule has 1 aromatic carbocycles. The van der Waals surface area contributed by atoms with Crippen molar-refractivity contribution < 1.29 is 14.4 Å². The number of nitrogens with one attached hydrogen (secondary N) is 1. The van der Waals surface area contributed by atoms with Crippen LogP contribution in [0.5, 0.6) is 5.75 Å². The molecule has 1 N–H and O–H groups in total. The molecular weight excluding hydrogens is 252 g/mol. The van der Waals surface area contributed by atoms with E-state index in [1.165, 1.54) is 6.42 Å². The van der Waals surface area contributed by atoms with Crippen molar-refractivity contribution in [2.24, 2.45) is 0 Å². The molecule has 0 spiro atoms. The molecule has 2 rings (SSSR count). The molecule has 1 amide bonds. The number of piperazine rings is 1. The number of ether oxygens (including phenoxy) is 1. The van der Waals surface area contributed by atoms with Gasteiger partial charge in [0.15, 0.2) is 0 Å². The van der Waals surface area contributed by atoms with Crippen molar-refractivity contribution in [3.8, 4) is 5.75 Å². The highest BCUT2D eigenvalue weighted by atomic mass is 16.5. The molecule has 0 unspecified atom stereocenters. The second kappa shape index (κ2) is 6.75. The molecule has 1 saturated heterocycles. The number of rotatable bonds is 4. The van der Waals surface area contributed by atoms with Crippen molar-refractivity contribution in [1.82, 2.24) is 4.90 Å². The molecule has 4 nitrogen and oxygen atoms in total. The van der Waals surface area contributed by atoms with Gasteiger partial charge < -0.3 is 14.5 Å². The van der Waals surface area contributed by atoms with E-state index in [0.29, 0.717) is 6.04 Å². The Morgan fingerprint density at radius 3 is 2.40 bits per heavy atom. The maximum Gasteiger partial charge on any atom is 0.254 e. The number of amides is 1. The maximum atomic E-state index is 12.4. The average Bonchev–Trinajstić information content (AvgIpc) is 2.53. The van der Waals surface area contributed by atoms with Gasteiger partial charge in [-0.1, -0.05) is 6.92 Å². The maximum absolute atomic E-state index is 12.4. The van der Waals surface area contributed by atoms with Gasteiger partial charge in [0, 0.05) is 5.56 Å². The van der Waals surface area contributed by atoms with Crippen molar-refractivity contribution in [3.05, 3.63) is 29.8 Å². The van der Waals surface area contributed by atoms with Crippen LogP contribution in [0.4, 0.5) is 0 Å². The Labute approximate surface area is 121 Å². The zero-order chi connectivity index (χ0) is 14.5. The van der Waals surface area contributed by atoms with Crippen LogP contribution in [0.2, 0.25) is 0 Å². The molecule has 1 fully saturated rings. The van der Waals surface area contributed by atoms with Crippen LogP contribution in [-0.2, 0) is 0 Å². The molecule has 1 aliphatic rings. The van der Waals surface area contributed by atoms with Gasteiger partial charge in [0.1, 0.15) is 5.75 Å². The number of quaternary nitrogens is 1. The zero-order valence-corrected chi connectivity index (χ0v) is 12.7. The van der Waals surface area contributed by atoms with E-state index in [1.54, 1.807) is 12.0 Å². The molecule has 4 heteroatoms. The molecular formula is C16H25N2O2+. The normalized spacial score (nSPS) is 17.9. The Morgan fingerprint density at radius 1 is 1.30 bits per heavy atom. The van der Waals surface area contributed by atoms with Gasteiger partial charge in [-0.2, -0.15) is 0 Å². The van der Waals surface area contributed by atoms with Gasteiger partial charge in [-0.25, -0.2) is 0 Å². The zero-order valence-electron chi connectivity index (χ0n) is 12.7. The van der Waals surface area contributed by atoms with Crippen LogP contribution in [-0.4, -0.2) is 50.1 Å². The van der Waals surface area contributed by atoms with Gasteiger partial charge in [-0.15, -0.1) is 0 Å². The molecule has 110 valence electrons. The SMILES string of the molecule is CC[C@@H](C)[NH+]1CCN(C(=O)c2ccc(OC)cc2)CC1. The largest absolute Gasteiger partial charge is 0.497 e. The monoisotopic (exact) mass is 277 g/mol. The minimum Gasteiger partial charge on any atom is -0.497 e. The first-order valence-electron chi connectivity index (χ1n) is 7.43. The van der Waals surface area contributed by atoms with Crippen molar-refractivity contribution in [1.29, 1.82) is 0 Å². The summed E-state index contributed by atoms with van der Waals surface area (Å²) < 4.78 is 5.12. The van der Waals surface area contributed by atoms with E-state index in [0.717, 1.165) is 37.5 Å². The summed E-state index contributed by atoms with van der Waals surface area (Å²) in [7, 11) is 1.63. The van der Waals surface area contributed by atoms with Gasteiger partial charge in [-0.05, 0) is 37.6 Å². The van der Waals surface area contributed by atoms with E-state index < -0.39 is 0 Å². The predicted octanol–water partition coefficient (Wildman–Crippen LogP) is 0.834. The van der Waals surface area contributed by atoms with Crippen molar-refractivity contribution in [2.75, 3.05) is 33.3 Å². The minimum atomic E-state index is 0.135. The lowest BCUT2D eigenvalue weighted by molar-refractivity contribution is -0.927. The Balaban J connectivity index is 1.94. The fourth-order valence-electron chi connectivity index (χ4n) is 2.69.